The van der Waals surface area contributed by atoms with Gasteiger partial charge in [0, 0.05) is 24.4 Å². The fourth-order valence-electron chi connectivity index (χ4n) is 2.88. The number of carbonyl (C=O) groups is 1. The Labute approximate surface area is 151 Å². The van der Waals surface area contributed by atoms with Crippen LogP contribution in [0.4, 0.5) is 18.9 Å². The maximum absolute atomic E-state index is 13.5. The Kier molecular flexibility index (Phi) is 4.19. The normalized spacial score (nSPS) is 11.1. The Hall–Kier alpha value is -3.48. The lowest BCUT2D eigenvalue weighted by molar-refractivity contribution is 0.101. The average molecular weight is 370 g/mol. The lowest BCUT2D eigenvalue weighted by Crippen LogP contribution is -2.17. The molecule has 0 aliphatic heterocycles. The van der Waals surface area contributed by atoms with Crippen molar-refractivity contribution < 1.29 is 22.4 Å². The lowest BCUT2D eigenvalue weighted by atomic mass is 10.2. The SMILES string of the molecule is O=C(Nc1ccc(F)cc1)c1cc2occc2n1Cc1ccc(F)c(F)c1. The molecular formula is C20H13F3N2O2. The van der Waals surface area contributed by atoms with Crippen molar-refractivity contribution in [3.63, 3.8) is 0 Å². The van der Waals surface area contributed by atoms with Crippen molar-refractivity contribution in [2.45, 2.75) is 6.54 Å². The fourth-order valence-corrected chi connectivity index (χ4v) is 2.88. The molecule has 0 unspecified atom stereocenters. The van der Waals surface area contributed by atoms with Gasteiger partial charge in [0.1, 0.15) is 11.5 Å². The predicted molar refractivity (Wildman–Crippen MR) is 94.0 cm³/mol. The van der Waals surface area contributed by atoms with Crippen molar-refractivity contribution in [1.82, 2.24) is 4.57 Å². The second kappa shape index (κ2) is 6.68. The molecule has 4 aromatic rings. The van der Waals surface area contributed by atoms with Gasteiger partial charge in [-0.15, -0.1) is 0 Å². The van der Waals surface area contributed by atoms with Crippen LogP contribution < -0.4 is 5.32 Å². The minimum Gasteiger partial charge on any atom is -0.463 e. The zero-order valence-electron chi connectivity index (χ0n) is 13.9. The van der Waals surface area contributed by atoms with E-state index in [2.05, 4.69) is 5.32 Å². The van der Waals surface area contributed by atoms with Crippen molar-refractivity contribution in [3.8, 4) is 0 Å². The number of hydrogen-bond acceptors (Lipinski definition) is 2. The number of carbonyl (C=O) groups excluding carboxylic acids is 1. The molecule has 0 saturated carbocycles. The zero-order chi connectivity index (χ0) is 19.0. The lowest BCUT2D eigenvalue weighted by Gasteiger charge is -2.11. The first-order valence-electron chi connectivity index (χ1n) is 8.09. The van der Waals surface area contributed by atoms with E-state index in [1.54, 1.807) is 16.7 Å². The summed E-state index contributed by atoms with van der Waals surface area (Å²) in [5.41, 5.74) is 2.33. The highest BCUT2D eigenvalue weighted by Gasteiger charge is 2.18. The van der Waals surface area contributed by atoms with Crippen LogP contribution in [0, 0.1) is 17.5 Å². The van der Waals surface area contributed by atoms with E-state index in [1.807, 2.05) is 0 Å². The molecule has 2 aromatic carbocycles. The summed E-state index contributed by atoms with van der Waals surface area (Å²) in [6, 6.07) is 12.2. The van der Waals surface area contributed by atoms with Gasteiger partial charge in [0.2, 0.25) is 0 Å². The molecule has 7 heteroatoms. The number of anilines is 1. The third-order valence-corrected chi connectivity index (χ3v) is 4.18. The van der Waals surface area contributed by atoms with Crippen molar-refractivity contribution in [3.05, 3.63) is 89.6 Å². The molecule has 0 atom stereocenters. The molecule has 0 bridgehead atoms. The highest BCUT2D eigenvalue weighted by Crippen LogP contribution is 2.24. The molecule has 1 amide bonds. The smallest absolute Gasteiger partial charge is 0.272 e. The summed E-state index contributed by atoms with van der Waals surface area (Å²) in [7, 11) is 0. The molecule has 1 N–H and O–H groups in total. The highest BCUT2D eigenvalue weighted by atomic mass is 19.2. The number of aromatic nitrogens is 1. The Balaban J connectivity index is 1.69. The summed E-state index contributed by atoms with van der Waals surface area (Å²) in [4.78, 5) is 12.7. The third kappa shape index (κ3) is 3.31. The van der Waals surface area contributed by atoms with Crippen molar-refractivity contribution in [1.29, 1.82) is 0 Å². The van der Waals surface area contributed by atoms with E-state index >= 15 is 0 Å². The van der Waals surface area contributed by atoms with Gasteiger partial charge in [0.25, 0.3) is 5.91 Å². The molecule has 0 fully saturated rings. The first kappa shape index (κ1) is 17.0. The minimum absolute atomic E-state index is 0.145. The Morgan fingerprint density at radius 1 is 0.963 bits per heavy atom. The summed E-state index contributed by atoms with van der Waals surface area (Å²) in [5, 5.41) is 2.68. The molecular weight excluding hydrogens is 357 g/mol. The molecule has 2 heterocycles. The number of nitrogens with zero attached hydrogens (tertiary/aromatic N) is 1. The highest BCUT2D eigenvalue weighted by molar-refractivity contribution is 6.05. The monoisotopic (exact) mass is 370 g/mol. The van der Waals surface area contributed by atoms with Crippen molar-refractivity contribution in [2.75, 3.05) is 5.32 Å². The first-order chi connectivity index (χ1) is 13.0. The van der Waals surface area contributed by atoms with Crippen LogP contribution in [0.3, 0.4) is 0 Å². The molecule has 0 radical (unpaired) electrons. The largest absolute Gasteiger partial charge is 0.463 e. The Bertz CT molecular complexity index is 1130. The van der Waals surface area contributed by atoms with Gasteiger partial charge >= 0.3 is 0 Å². The van der Waals surface area contributed by atoms with Crippen LogP contribution in [0.15, 0.2) is 65.3 Å². The van der Waals surface area contributed by atoms with Gasteiger partial charge in [0.05, 0.1) is 11.8 Å². The van der Waals surface area contributed by atoms with Gasteiger partial charge in [0.15, 0.2) is 17.2 Å². The maximum atomic E-state index is 13.5. The Morgan fingerprint density at radius 3 is 2.48 bits per heavy atom. The zero-order valence-corrected chi connectivity index (χ0v) is 13.9. The van der Waals surface area contributed by atoms with E-state index in [-0.39, 0.29) is 12.2 Å². The molecule has 4 rings (SSSR count). The van der Waals surface area contributed by atoms with Crippen LogP contribution in [0.25, 0.3) is 11.1 Å². The van der Waals surface area contributed by atoms with Crippen LogP contribution >= 0.6 is 0 Å². The van der Waals surface area contributed by atoms with Crippen LogP contribution in [0.1, 0.15) is 16.1 Å². The van der Waals surface area contributed by atoms with Crippen LogP contribution in [0.2, 0.25) is 0 Å². The molecule has 0 aliphatic carbocycles. The van der Waals surface area contributed by atoms with E-state index in [0.29, 0.717) is 22.4 Å². The number of benzene rings is 2. The number of hydrogen-bond donors (Lipinski definition) is 1. The molecule has 0 aliphatic rings. The number of amides is 1. The van der Waals surface area contributed by atoms with Gasteiger partial charge in [-0.1, -0.05) is 6.07 Å². The average Bonchev–Trinajstić information content (AvgIpc) is 3.23. The molecule has 0 spiro atoms. The van der Waals surface area contributed by atoms with Crippen molar-refractivity contribution in [2.24, 2.45) is 0 Å². The summed E-state index contributed by atoms with van der Waals surface area (Å²) in [6.07, 6.45) is 1.48. The molecule has 0 saturated heterocycles. The van der Waals surface area contributed by atoms with Crippen LogP contribution in [-0.2, 0) is 6.54 Å². The summed E-state index contributed by atoms with van der Waals surface area (Å²) >= 11 is 0. The fraction of sp³-hybridized carbons (Fsp3) is 0.0500. The van der Waals surface area contributed by atoms with E-state index < -0.39 is 23.4 Å². The Morgan fingerprint density at radius 2 is 1.74 bits per heavy atom. The van der Waals surface area contributed by atoms with Gasteiger partial charge in [-0.2, -0.15) is 0 Å². The first-order valence-corrected chi connectivity index (χ1v) is 8.09. The number of furan rings is 1. The second-order valence-corrected chi connectivity index (χ2v) is 6.00. The maximum Gasteiger partial charge on any atom is 0.272 e. The second-order valence-electron chi connectivity index (χ2n) is 6.00. The van der Waals surface area contributed by atoms with E-state index in [4.69, 9.17) is 4.42 Å². The number of fused-ring (bicyclic) bond motifs is 1. The summed E-state index contributed by atoms with van der Waals surface area (Å²) < 4.78 is 46.7. The van der Waals surface area contributed by atoms with Gasteiger partial charge in [-0.25, -0.2) is 13.2 Å². The van der Waals surface area contributed by atoms with Crippen LogP contribution in [0.5, 0.6) is 0 Å². The van der Waals surface area contributed by atoms with Gasteiger partial charge < -0.3 is 14.3 Å². The van der Waals surface area contributed by atoms with E-state index in [0.717, 1.165) is 12.1 Å². The van der Waals surface area contributed by atoms with E-state index in [1.165, 1.54) is 36.6 Å². The quantitative estimate of drug-likeness (QED) is 0.552. The number of halogens is 3. The number of rotatable bonds is 4. The predicted octanol–water partition coefficient (Wildman–Crippen LogP) is 4.95. The molecule has 136 valence electrons. The van der Waals surface area contributed by atoms with Gasteiger partial charge in [-0.05, 0) is 42.0 Å². The molecule has 27 heavy (non-hydrogen) atoms. The topological polar surface area (TPSA) is 47.2 Å². The minimum atomic E-state index is -0.958. The van der Waals surface area contributed by atoms with Crippen molar-refractivity contribution >= 4 is 22.7 Å². The van der Waals surface area contributed by atoms with Crippen LogP contribution in [-0.4, -0.2) is 10.5 Å². The third-order valence-electron chi connectivity index (χ3n) is 4.18. The van der Waals surface area contributed by atoms with E-state index in [9.17, 15) is 18.0 Å². The standard InChI is InChI=1S/C20H13F3N2O2/c21-13-2-4-14(5-3-13)24-20(26)18-10-19-17(7-8-27-19)25(18)11-12-1-6-15(22)16(23)9-12/h1-10H,11H2,(H,24,26). The number of nitrogens with one attached hydrogen (secondary N) is 1. The molecule has 4 nitrogen and oxygen atoms in total. The van der Waals surface area contributed by atoms with Gasteiger partial charge in [-0.3, -0.25) is 4.79 Å². The summed E-state index contributed by atoms with van der Waals surface area (Å²) in [5.74, 6) is -2.74. The summed E-state index contributed by atoms with van der Waals surface area (Å²) in [6.45, 7) is 0.145. The molecule has 2 aromatic heterocycles.